The van der Waals surface area contributed by atoms with Crippen molar-refractivity contribution in [3.63, 3.8) is 0 Å². The first-order valence-corrected chi connectivity index (χ1v) is 4.71. The predicted octanol–water partition coefficient (Wildman–Crippen LogP) is 3.03. The summed E-state index contributed by atoms with van der Waals surface area (Å²) in [5.41, 5.74) is 0.933. The maximum absolute atomic E-state index is 12.6. The lowest BCUT2D eigenvalue weighted by Crippen LogP contribution is -1.92. The standard InChI is InChI=1S/C9H7FN2S/c10-8-2-1-3-9(12-8)11-7-4-5-13-6-7/h1-6H,(H,11,12). The summed E-state index contributed by atoms with van der Waals surface area (Å²) in [7, 11) is 0. The Hall–Kier alpha value is -1.42. The van der Waals surface area contributed by atoms with Crippen LogP contribution in [0.25, 0.3) is 0 Å². The van der Waals surface area contributed by atoms with Crippen molar-refractivity contribution in [2.75, 3.05) is 5.32 Å². The van der Waals surface area contributed by atoms with E-state index in [2.05, 4.69) is 10.3 Å². The molecule has 0 bridgehead atoms. The van der Waals surface area contributed by atoms with Gasteiger partial charge in [0.1, 0.15) is 5.82 Å². The van der Waals surface area contributed by atoms with Crippen molar-refractivity contribution in [3.8, 4) is 0 Å². The molecule has 2 aromatic heterocycles. The maximum Gasteiger partial charge on any atom is 0.214 e. The van der Waals surface area contributed by atoms with Gasteiger partial charge in [0.2, 0.25) is 5.95 Å². The van der Waals surface area contributed by atoms with E-state index in [-0.39, 0.29) is 0 Å². The van der Waals surface area contributed by atoms with Crippen molar-refractivity contribution < 1.29 is 4.39 Å². The fourth-order valence-electron chi connectivity index (χ4n) is 0.961. The minimum absolute atomic E-state index is 0.472. The molecule has 0 aliphatic rings. The van der Waals surface area contributed by atoms with Crippen LogP contribution in [0.1, 0.15) is 0 Å². The van der Waals surface area contributed by atoms with E-state index in [9.17, 15) is 4.39 Å². The second-order valence-electron chi connectivity index (χ2n) is 2.48. The average Bonchev–Trinajstić information content (AvgIpc) is 2.57. The second-order valence-corrected chi connectivity index (χ2v) is 3.26. The summed E-state index contributed by atoms with van der Waals surface area (Å²) in [6.45, 7) is 0. The third-order valence-electron chi connectivity index (χ3n) is 1.51. The molecule has 66 valence electrons. The van der Waals surface area contributed by atoms with Gasteiger partial charge >= 0.3 is 0 Å². The Morgan fingerprint density at radius 1 is 1.31 bits per heavy atom. The molecule has 0 radical (unpaired) electrons. The van der Waals surface area contributed by atoms with E-state index in [1.165, 1.54) is 6.07 Å². The zero-order valence-electron chi connectivity index (χ0n) is 6.70. The third kappa shape index (κ3) is 2.03. The fourth-order valence-corrected chi connectivity index (χ4v) is 1.55. The lowest BCUT2D eigenvalue weighted by Gasteiger charge is -2.01. The van der Waals surface area contributed by atoms with Gasteiger partial charge in [0, 0.05) is 5.38 Å². The van der Waals surface area contributed by atoms with Gasteiger partial charge in [-0.1, -0.05) is 6.07 Å². The van der Waals surface area contributed by atoms with Crippen LogP contribution < -0.4 is 5.32 Å². The molecule has 2 nitrogen and oxygen atoms in total. The van der Waals surface area contributed by atoms with Gasteiger partial charge in [-0.3, -0.25) is 0 Å². The Bertz CT molecular complexity index is 386. The molecule has 0 amide bonds. The largest absolute Gasteiger partial charge is 0.339 e. The Morgan fingerprint density at radius 2 is 2.23 bits per heavy atom. The molecular weight excluding hydrogens is 187 g/mol. The molecule has 2 heterocycles. The maximum atomic E-state index is 12.6. The van der Waals surface area contributed by atoms with Crippen LogP contribution in [-0.2, 0) is 0 Å². The van der Waals surface area contributed by atoms with Gasteiger partial charge in [-0.05, 0) is 23.6 Å². The van der Waals surface area contributed by atoms with Gasteiger partial charge in [-0.15, -0.1) is 0 Å². The van der Waals surface area contributed by atoms with Gasteiger partial charge in [-0.25, -0.2) is 4.98 Å². The number of hydrogen-bond donors (Lipinski definition) is 1. The van der Waals surface area contributed by atoms with Crippen molar-refractivity contribution in [2.24, 2.45) is 0 Å². The Balaban J connectivity index is 2.19. The number of halogens is 1. The number of rotatable bonds is 2. The van der Waals surface area contributed by atoms with E-state index in [1.54, 1.807) is 23.5 Å². The molecule has 1 N–H and O–H groups in total. The molecule has 0 fully saturated rings. The Kier molecular flexibility index (Phi) is 2.23. The topological polar surface area (TPSA) is 24.9 Å². The number of anilines is 2. The summed E-state index contributed by atoms with van der Waals surface area (Å²) >= 11 is 1.58. The zero-order chi connectivity index (χ0) is 9.10. The first-order valence-electron chi connectivity index (χ1n) is 3.76. The van der Waals surface area contributed by atoms with Crippen LogP contribution >= 0.6 is 11.3 Å². The SMILES string of the molecule is Fc1cccc(Nc2ccsc2)n1. The molecule has 0 aromatic carbocycles. The number of nitrogens with one attached hydrogen (secondary N) is 1. The summed E-state index contributed by atoms with van der Waals surface area (Å²) in [6, 6.07) is 6.58. The van der Waals surface area contributed by atoms with Crippen molar-refractivity contribution in [1.29, 1.82) is 0 Å². The number of pyridine rings is 1. The molecule has 13 heavy (non-hydrogen) atoms. The van der Waals surface area contributed by atoms with E-state index in [0.29, 0.717) is 5.82 Å². The molecule has 0 atom stereocenters. The second kappa shape index (κ2) is 3.53. The smallest absolute Gasteiger partial charge is 0.214 e. The van der Waals surface area contributed by atoms with E-state index in [4.69, 9.17) is 0 Å². The summed E-state index contributed by atoms with van der Waals surface area (Å²) in [6.07, 6.45) is 0. The minimum Gasteiger partial charge on any atom is -0.339 e. The molecule has 2 rings (SSSR count). The van der Waals surface area contributed by atoms with Gasteiger partial charge in [-0.2, -0.15) is 15.7 Å². The van der Waals surface area contributed by atoms with Crippen molar-refractivity contribution >= 4 is 22.8 Å². The van der Waals surface area contributed by atoms with Crippen LogP contribution in [0, 0.1) is 5.95 Å². The van der Waals surface area contributed by atoms with Crippen LogP contribution in [0.4, 0.5) is 15.9 Å². The van der Waals surface area contributed by atoms with E-state index in [1.807, 2.05) is 16.8 Å². The molecule has 0 spiro atoms. The normalized spacial score (nSPS) is 9.92. The summed E-state index contributed by atoms with van der Waals surface area (Å²) in [5.74, 6) is 0.0543. The van der Waals surface area contributed by atoms with E-state index >= 15 is 0 Å². The van der Waals surface area contributed by atoms with Crippen molar-refractivity contribution in [2.45, 2.75) is 0 Å². The first kappa shape index (κ1) is 8.19. The molecule has 0 saturated heterocycles. The van der Waals surface area contributed by atoms with Crippen LogP contribution in [0.5, 0.6) is 0 Å². The minimum atomic E-state index is -0.472. The van der Waals surface area contributed by atoms with Gasteiger partial charge in [0.25, 0.3) is 0 Å². The highest BCUT2D eigenvalue weighted by molar-refractivity contribution is 7.08. The molecule has 0 unspecified atom stereocenters. The summed E-state index contributed by atoms with van der Waals surface area (Å²) in [4.78, 5) is 3.67. The number of aromatic nitrogens is 1. The molecule has 4 heteroatoms. The highest BCUT2D eigenvalue weighted by Crippen LogP contribution is 2.17. The zero-order valence-corrected chi connectivity index (χ0v) is 7.51. The average molecular weight is 194 g/mol. The van der Waals surface area contributed by atoms with Crippen LogP contribution in [-0.4, -0.2) is 4.98 Å². The third-order valence-corrected chi connectivity index (χ3v) is 2.19. The molecule has 0 aliphatic heterocycles. The van der Waals surface area contributed by atoms with Gasteiger partial charge < -0.3 is 5.32 Å². The van der Waals surface area contributed by atoms with Gasteiger partial charge in [0.15, 0.2) is 0 Å². The molecule has 0 aliphatic carbocycles. The number of hydrogen-bond acceptors (Lipinski definition) is 3. The predicted molar refractivity (Wildman–Crippen MR) is 51.8 cm³/mol. The first-order chi connectivity index (χ1) is 6.34. The Labute approximate surface area is 79.1 Å². The number of thiophene rings is 1. The van der Waals surface area contributed by atoms with Crippen LogP contribution in [0.3, 0.4) is 0 Å². The van der Waals surface area contributed by atoms with Gasteiger partial charge in [0.05, 0.1) is 5.69 Å². The summed E-state index contributed by atoms with van der Waals surface area (Å²) < 4.78 is 12.6. The van der Waals surface area contributed by atoms with Crippen molar-refractivity contribution in [1.82, 2.24) is 4.98 Å². The van der Waals surface area contributed by atoms with E-state index in [0.717, 1.165) is 5.69 Å². The number of nitrogens with zero attached hydrogens (tertiary/aromatic N) is 1. The summed E-state index contributed by atoms with van der Waals surface area (Å²) in [5, 5.41) is 6.87. The lowest BCUT2D eigenvalue weighted by molar-refractivity contribution is 0.585. The fraction of sp³-hybridized carbons (Fsp3) is 0. The molecule has 2 aromatic rings. The van der Waals surface area contributed by atoms with E-state index < -0.39 is 5.95 Å². The Morgan fingerprint density at radius 3 is 2.92 bits per heavy atom. The quantitative estimate of drug-likeness (QED) is 0.743. The van der Waals surface area contributed by atoms with Crippen LogP contribution in [0.15, 0.2) is 35.0 Å². The monoisotopic (exact) mass is 194 g/mol. The van der Waals surface area contributed by atoms with Crippen molar-refractivity contribution in [3.05, 3.63) is 41.0 Å². The molecule has 0 saturated carbocycles. The highest BCUT2D eigenvalue weighted by Gasteiger charge is 1.96. The van der Waals surface area contributed by atoms with Crippen LogP contribution in [0.2, 0.25) is 0 Å². The highest BCUT2D eigenvalue weighted by atomic mass is 32.1. The lowest BCUT2D eigenvalue weighted by atomic mass is 10.4. The molecular formula is C9H7FN2S.